The monoisotopic (exact) mass is 354 g/mol. The maximum absolute atomic E-state index is 12.1. The maximum Gasteiger partial charge on any atom is 0.347 e. The third-order valence-corrected chi connectivity index (χ3v) is 3.07. The number of aliphatic hydroxyl groups is 1. The second-order valence-corrected chi connectivity index (χ2v) is 5.11. The van der Waals surface area contributed by atoms with Gasteiger partial charge < -0.3 is 14.7 Å². The molecule has 8 heteroatoms. The molecule has 0 aliphatic heterocycles. The van der Waals surface area contributed by atoms with E-state index in [1.807, 2.05) is 0 Å². The summed E-state index contributed by atoms with van der Waals surface area (Å²) in [6.45, 7) is 1.67. The first-order valence-electron chi connectivity index (χ1n) is 6.07. The average molecular weight is 355 g/mol. The summed E-state index contributed by atoms with van der Waals surface area (Å²) in [5, 5.41) is 10.8. The van der Waals surface area contributed by atoms with E-state index in [-0.39, 0.29) is 46.8 Å². The van der Waals surface area contributed by atoms with Gasteiger partial charge in [-0.25, -0.2) is 4.79 Å². The third-order valence-electron chi connectivity index (χ3n) is 2.52. The van der Waals surface area contributed by atoms with Gasteiger partial charge in [0.05, 0.1) is 11.6 Å². The molecule has 1 N–H and O–H groups in total. The van der Waals surface area contributed by atoms with Gasteiger partial charge in [0.2, 0.25) is 0 Å². The zero-order valence-corrected chi connectivity index (χ0v) is 16.3. The number of carbonyl (C=O) groups is 2. The Morgan fingerprint density at radius 3 is 2.32 bits per heavy atom. The number of benzene rings is 1. The van der Waals surface area contributed by atoms with Gasteiger partial charge >= 0.3 is 5.97 Å². The van der Waals surface area contributed by atoms with Crippen molar-refractivity contribution < 1.29 is 19.4 Å². The van der Waals surface area contributed by atoms with Crippen molar-refractivity contribution in [3.63, 3.8) is 0 Å². The van der Waals surface area contributed by atoms with Gasteiger partial charge in [-0.15, -0.1) is 0 Å². The zero-order valence-electron chi connectivity index (χ0n) is 12.8. The SMILES string of the molecule is CCOC(=O)C(C(=O)N(C)C)=C(O)c1ccc(Cl)cc1Cl.[Na]. The normalized spacial score (nSPS) is 11.1. The second-order valence-electron chi connectivity index (χ2n) is 4.27. The van der Waals surface area contributed by atoms with Gasteiger partial charge in [0.1, 0.15) is 5.76 Å². The van der Waals surface area contributed by atoms with Crippen LogP contribution < -0.4 is 0 Å². The molecule has 1 aromatic carbocycles. The van der Waals surface area contributed by atoms with Gasteiger partial charge in [-0.1, -0.05) is 23.2 Å². The van der Waals surface area contributed by atoms with Crippen LogP contribution in [0.1, 0.15) is 12.5 Å². The van der Waals surface area contributed by atoms with Crippen LogP contribution in [0.4, 0.5) is 0 Å². The van der Waals surface area contributed by atoms with E-state index < -0.39 is 23.2 Å². The number of hydrogen-bond donors (Lipinski definition) is 1. The van der Waals surface area contributed by atoms with Crippen molar-refractivity contribution in [1.82, 2.24) is 4.90 Å². The van der Waals surface area contributed by atoms with Crippen LogP contribution in [0, 0.1) is 0 Å². The van der Waals surface area contributed by atoms with Crippen LogP contribution in [0.3, 0.4) is 0 Å². The molecule has 0 bridgehead atoms. The molecule has 0 fully saturated rings. The van der Waals surface area contributed by atoms with E-state index in [1.54, 1.807) is 6.92 Å². The molecule has 0 aromatic heterocycles. The average Bonchev–Trinajstić information content (AvgIpc) is 2.38. The predicted octanol–water partition coefficient (Wildman–Crippen LogP) is 2.53. The molecule has 0 atom stereocenters. The fourth-order valence-corrected chi connectivity index (χ4v) is 2.03. The maximum atomic E-state index is 12.1. The standard InChI is InChI=1S/C14H15Cl2NO4.Na/c1-4-21-14(20)11(13(19)17(2)3)12(18)9-6-5-8(15)7-10(9)16;/h5-7,18H,4H2,1-3H3;. The molecular weight excluding hydrogens is 340 g/mol. The second kappa shape index (κ2) is 9.43. The van der Waals surface area contributed by atoms with E-state index in [0.717, 1.165) is 4.90 Å². The Kier molecular flexibility index (Phi) is 9.12. The number of aliphatic hydroxyl groups excluding tert-OH is 1. The van der Waals surface area contributed by atoms with Gasteiger partial charge in [0.15, 0.2) is 5.57 Å². The molecule has 0 aliphatic rings. The number of halogens is 2. The smallest absolute Gasteiger partial charge is 0.347 e. The van der Waals surface area contributed by atoms with Crippen LogP contribution in [0.5, 0.6) is 0 Å². The van der Waals surface area contributed by atoms with Crippen LogP contribution in [-0.4, -0.2) is 72.1 Å². The molecule has 1 radical (unpaired) electrons. The Morgan fingerprint density at radius 1 is 1.27 bits per heavy atom. The van der Waals surface area contributed by atoms with E-state index in [2.05, 4.69) is 0 Å². The molecule has 0 heterocycles. The van der Waals surface area contributed by atoms with Crippen molar-refractivity contribution in [1.29, 1.82) is 0 Å². The summed E-state index contributed by atoms with van der Waals surface area (Å²) in [4.78, 5) is 25.2. The summed E-state index contributed by atoms with van der Waals surface area (Å²) in [6, 6.07) is 4.31. The Morgan fingerprint density at radius 2 is 1.86 bits per heavy atom. The molecule has 1 aromatic rings. The molecule has 0 saturated heterocycles. The van der Waals surface area contributed by atoms with Crippen molar-refractivity contribution >= 4 is 70.4 Å². The summed E-state index contributed by atoms with van der Waals surface area (Å²) in [5.74, 6) is -2.15. The molecule has 22 heavy (non-hydrogen) atoms. The minimum atomic E-state index is -0.917. The molecule has 0 saturated carbocycles. The first kappa shape index (κ1) is 21.3. The summed E-state index contributed by atoms with van der Waals surface area (Å²) in [7, 11) is 2.91. The van der Waals surface area contributed by atoms with E-state index >= 15 is 0 Å². The van der Waals surface area contributed by atoms with Crippen molar-refractivity contribution in [2.24, 2.45) is 0 Å². The summed E-state index contributed by atoms with van der Waals surface area (Å²) in [6.07, 6.45) is 0. The number of ether oxygens (including phenoxy) is 1. The zero-order chi connectivity index (χ0) is 16.2. The van der Waals surface area contributed by atoms with Gasteiger partial charge in [0.25, 0.3) is 5.91 Å². The van der Waals surface area contributed by atoms with Gasteiger partial charge in [-0.3, -0.25) is 4.79 Å². The largest absolute Gasteiger partial charge is 0.506 e. The molecule has 5 nitrogen and oxygen atoms in total. The Bertz CT molecular complexity index is 603. The number of likely N-dealkylation sites (N-methyl/N-ethyl adjacent to an activating group) is 1. The van der Waals surface area contributed by atoms with Crippen LogP contribution >= 0.6 is 23.2 Å². The van der Waals surface area contributed by atoms with E-state index in [9.17, 15) is 14.7 Å². The van der Waals surface area contributed by atoms with Gasteiger partial charge in [-0.05, 0) is 25.1 Å². The topological polar surface area (TPSA) is 66.8 Å². The predicted molar refractivity (Wildman–Crippen MR) is 87.1 cm³/mol. The Balaban J connectivity index is 0.00000441. The number of carbonyl (C=O) groups excluding carboxylic acids is 2. The quantitative estimate of drug-likeness (QED) is 0.225. The van der Waals surface area contributed by atoms with Crippen molar-refractivity contribution in [2.45, 2.75) is 6.92 Å². The first-order chi connectivity index (χ1) is 9.79. The van der Waals surface area contributed by atoms with Crippen molar-refractivity contribution in [3.05, 3.63) is 39.4 Å². The molecule has 0 aliphatic carbocycles. The Labute approximate surface area is 161 Å². The number of amides is 1. The number of nitrogens with zero attached hydrogens (tertiary/aromatic N) is 1. The summed E-state index contributed by atoms with van der Waals surface area (Å²) < 4.78 is 4.81. The summed E-state index contributed by atoms with van der Waals surface area (Å²) in [5.41, 5.74) is -0.356. The number of hydrogen-bond acceptors (Lipinski definition) is 4. The molecule has 0 unspecified atom stereocenters. The van der Waals surface area contributed by atoms with Crippen molar-refractivity contribution in [3.8, 4) is 0 Å². The van der Waals surface area contributed by atoms with Crippen LogP contribution in [0.25, 0.3) is 5.76 Å². The fraction of sp³-hybridized carbons (Fsp3) is 0.286. The van der Waals surface area contributed by atoms with Gasteiger partial charge in [0, 0.05) is 54.2 Å². The minimum Gasteiger partial charge on any atom is -0.506 e. The molecule has 1 amide bonds. The van der Waals surface area contributed by atoms with E-state index in [4.69, 9.17) is 27.9 Å². The molecule has 1 rings (SSSR count). The van der Waals surface area contributed by atoms with E-state index in [1.165, 1.54) is 32.3 Å². The molecule has 0 spiro atoms. The minimum absolute atomic E-state index is 0. The van der Waals surface area contributed by atoms with Gasteiger partial charge in [-0.2, -0.15) is 0 Å². The molecular formula is C14H15Cl2NNaO4. The summed E-state index contributed by atoms with van der Waals surface area (Å²) >= 11 is 11.8. The third kappa shape index (κ3) is 5.18. The van der Waals surface area contributed by atoms with Crippen LogP contribution in [0.15, 0.2) is 23.8 Å². The van der Waals surface area contributed by atoms with E-state index in [0.29, 0.717) is 5.02 Å². The first-order valence-corrected chi connectivity index (χ1v) is 6.82. The van der Waals surface area contributed by atoms with Crippen LogP contribution in [0.2, 0.25) is 10.0 Å². The molecule has 115 valence electrons. The van der Waals surface area contributed by atoms with Crippen molar-refractivity contribution in [2.75, 3.05) is 20.7 Å². The number of rotatable bonds is 4. The number of esters is 1. The Hall–Kier alpha value is -0.720. The van der Waals surface area contributed by atoms with Crippen LogP contribution in [-0.2, 0) is 14.3 Å². The fourth-order valence-electron chi connectivity index (χ4n) is 1.53.